The third-order valence-corrected chi connectivity index (χ3v) is 7.24. The quantitative estimate of drug-likeness (QED) is 0.371. The molecule has 0 radical (unpaired) electrons. The van der Waals surface area contributed by atoms with Crippen LogP contribution in [0, 0.1) is 0 Å². The van der Waals surface area contributed by atoms with Crippen molar-refractivity contribution in [1.82, 2.24) is 10.3 Å². The Hall–Kier alpha value is -2.97. The number of carbonyl (C=O) groups excluding carboxylic acids is 2. The third-order valence-electron chi connectivity index (χ3n) is 5.54. The molecule has 0 aliphatic heterocycles. The molecule has 0 fully saturated rings. The molecule has 3 aromatic heterocycles. The van der Waals surface area contributed by atoms with E-state index in [0.717, 1.165) is 51.4 Å². The van der Waals surface area contributed by atoms with Crippen LogP contribution < -0.4 is 10.6 Å². The van der Waals surface area contributed by atoms with Gasteiger partial charge in [-0.05, 0) is 54.7 Å². The van der Waals surface area contributed by atoms with E-state index in [-0.39, 0.29) is 18.2 Å². The van der Waals surface area contributed by atoms with E-state index >= 15 is 0 Å². The Morgan fingerprint density at radius 2 is 2.12 bits per heavy atom. The summed E-state index contributed by atoms with van der Waals surface area (Å²) in [5, 5.41) is 7.49. The molecule has 1 aliphatic carbocycles. The number of nitrogens with zero attached hydrogens (tertiary/aromatic N) is 1. The van der Waals surface area contributed by atoms with E-state index in [4.69, 9.17) is 4.42 Å². The fraction of sp³-hybridized carbons (Fsp3) is 0.208. The number of halogens is 1. The zero-order valence-electron chi connectivity index (χ0n) is 17.1. The van der Waals surface area contributed by atoms with Crippen molar-refractivity contribution in [3.63, 3.8) is 0 Å². The Labute approximate surface area is 197 Å². The molecule has 4 aromatic rings. The molecular formula is C24H20BrN3O3S. The summed E-state index contributed by atoms with van der Waals surface area (Å²) in [7, 11) is 0. The monoisotopic (exact) mass is 509 g/mol. The molecule has 0 spiro atoms. The van der Waals surface area contributed by atoms with Gasteiger partial charge in [0.05, 0.1) is 18.2 Å². The van der Waals surface area contributed by atoms with Gasteiger partial charge >= 0.3 is 0 Å². The molecule has 0 unspecified atom stereocenters. The molecule has 6 nitrogen and oxygen atoms in total. The van der Waals surface area contributed by atoms with E-state index in [2.05, 4.69) is 31.5 Å². The Morgan fingerprint density at radius 1 is 1.22 bits per heavy atom. The van der Waals surface area contributed by atoms with Gasteiger partial charge in [-0.2, -0.15) is 0 Å². The number of nitrogens with one attached hydrogen (secondary N) is 2. The van der Waals surface area contributed by atoms with Crippen molar-refractivity contribution in [2.24, 2.45) is 0 Å². The van der Waals surface area contributed by atoms with Crippen LogP contribution in [-0.4, -0.2) is 16.8 Å². The second-order valence-corrected chi connectivity index (χ2v) is 9.75. The minimum Gasteiger partial charge on any atom is -0.464 e. The molecule has 0 saturated heterocycles. The van der Waals surface area contributed by atoms with Gasteiger partial charge in [-0.15, -0.1) is 11.3 Å². The van der Waals surface area contributed by atoms with E-state index in [9.17, 15) is 9.59 Å². The van der Waals surface area contributed by atoms with Crippen LogP contribution in [0.15, 0.2) is 57.9 Å². The smallest absolute Gasteiger partial charge is 0.254 e. The Bertz CT molecular complexity index is 1310. The van der Waals surface area contributed by atoms with Crippen LogP contribution in [0.2, 0.25) is 0 Å². The number of carbonyl (C=O) groups is 2. The first-order valence-electron chi connectivity index (χ1n) is 10.4. The maximum absolute atomic E-state index is 13.1. The van der Waals surface area contributed by atoms with Crippen molar-refractivity contribution >= 4 is 55.1 Å². The van der Waals surface area contributed by atoms with Gasteiger partial charge in [-0.3, -0.25) is 14.6 Å². The van der Waals surface area contributed by atoms with Gasteiger partial charge < -0.3 is 15.1 Å². The van der Waals surface area contributed by atoms with Crippen molar-refractivity contribution in [1.29, 1.82) is 0 Å². The van der Waals surface area contributed by atoms with Gasteiger partial charge in [0.15, 0.2) is 0 Å². The van der Waals surface area contributed by atoms with Crippen LogP contribution in [-0.2, 0) is 30.6 Å². The maximum Gasteiger partial charge on any atom is 0.254 e. The number of amides is 2. The number of rotatable bonds is 6. The Morgan fingerprint density at radius 3 is 2.97 bits per heavy atom. The lowest BCUT2D eigenvalue weighted by atomic mass is 10.1. The Kier molecular flexibility index (Phi) is 5.80. The van der Waals surface area contributed by atoms with Crippen LogP contribution >= 0.6 is 27.3 Å². The molecule has 2 N–H and O–H groups in total. The fourth-order valence-electron chi connectivity index (χ4n) is 4.04. The van der Waals surface area contributed by atoms with Crippen molar-refractivity contribution in [3.8, 4) is 0 Å². The van der Waals surface area contributed by atoms with Crippen LogP contribution in [0.25, 0.3) is 11.0 Å². The number of anilines is 1. The van der Waals surface area contributed by atoms with Gasteiger partial charge in [0.2, 0.25) is 5.91 Å². The topological polar surface area (TPSA) is 84.2 Å². The van der Waals surface area contributed by atoms with Crippen molar-refractivity contribution in [3.05, 3.63) is 80.6 Å². The van der Waals surface area contributed by atoms with Gasteiger partial charge in [0, 0.05) is 39.2 Å². The highest BCUT2D eigenvalue weighted by Crippen LogP contribution is 2.39. The largest absolute Gasteiger partial charge is 0.464 e. The number of pyridine rings is 1. The summed E-state index contributed by atoms with van der Waals surface area (Å²) in [6.45, 7) is 0.389. The van der Waals surface area contributed by atoms with Crippen molar-refractivity contribution in [2.45, 2.75) is 32.2 Å². The predicted molar refractivity (Wildman–Crippen MR) is 128 cm³/mol. The lowest BCUT2D eigenvalue weighted by molar-refractivity contribution is -0.115. The first kappa shape index (κ1) is 20.9. The number of aromatic nitrogens is 1. The highest BCUT2D eigenvalue weighted by molar-refractivity contribution is 9.10. The van der Waals surface area contributed by atoms with Crippen molar-refractivity contribution < 1.29 is 14.0 Å². The third kappa shape index (κ3) is 4.20. The van der Waals surface area contributed by atoms with Gasteiger partial charge in [-0.1, -0.05) is 22.0 Å². The first-order valence-corrected chi connectivity index (χ1v) is 12.0. The number of fused-ring (bicyclic) bond motifs is 2. The van der Waals surface area contributed by atoms with Crippen LogP contribution in [0.3, 0.4) is 0 Å². The summed E-state index contributed by atoms with van der Waals surface area (Å²) in [6, 6.07) is 9.47. The highest BCUT2D eigenvalue weighted by Gasteiger charge is 2.27. The number of aryl methyl sites for hydroxylation is 1. The van der Waals surface area contributed by atoms with E-state index < -0.39 is 0 Å². The van der Waals surface area contributed by atoms with E-state index in [1.807, 2.05) is 30.3 Å². The van der Waals surface area contributed by atoms with Crippen LogP contribution in [0.4, 0.5) is 5.00 Å². The number of benzene rings is 1. The normalized spacial score (nSPS) is 12.7. The molecule has 1 aromatic carbocycles. The maximum atomic E-state index is 13.1. The molecule has 0 saturated carbocycles. The summed E-state index contributed by atoms with van der Waals surface area (Å²) < 4.78 is 6.50. The average Bonchev–Trinajstić information content (AvgIpc) is 3.48. The Balaban J connectivity index is 1.35. The predicted octanol–water partition coefficient (Wildman–Crippen LogP) is 5.25. The zero-order valence-corrected chi connectivity index (χ0v) is 19.5. The summed E-state index contributed by atoms with van der Waals surface area (Å²) >= 11 is 4.97. The van der Waals surface area contributed by atoms with Crippen LogP contribution in [0.1, 0.15) is 38.3 Å². The molecule has 8 heteroatoms. The fourth-order valence-corrected chi connectivity index (χ4v) is 5.70. The van der Waals surface area contributed by atoms with E-state index in [0.29, 0.717) is 17.1 Å². The van der Waals surface area contributed by atoms with Gasteiger partial charge in [0.1, 0.15) is 10.6 Å². The summed E-state index contributed by atoms with van der Waals surface area (Å²) in [5.41, 5.74) is 4.13. The lowest BCUT2D eigenvalue weighted by Crippen LogP contribution is -2.25. The zero-order chi connectivity index (χ0) is 22.1. The molecule has 0 atom stereocenters. The number of furan rings is 1. The summed E-state index contributed by atoms with van der Waals surface area (Å²) in [6.07, 6.45) is 8.06. The second kappa shape index (κ2) is 8.88. The lowest BCUT2D eigenvalue weighted by Gasteiger charge is -2.09. The second-order valence-electron chi connectivity index (χ2n) is 7.73. The number of hydrogen-bond donors (Lipinski definition) is 2. The van der Waals surface area contributed by atoms with Crippen LogP contribution in [0.5, 0.6) is 0 Å². The van der Waals surface area contributed by atoms with Gasteiger partial charge in [-0.25, -0.2) is 0 Å². The molecule has 3 heterocycles. The first-order chi connectivity index (χ1) is 15.6. The molecule has 0 bridgehead atoms. The number of thiophene rings is 1. The SMILES string of the molecule is O=C(Cc1coc2ccc(Br)cc12)Nc1sc2c(c1C(=O)NCc1cccnc1)CCC2. The van der Waals surface area contributed by atoms with E-state index in [1.54, 1.807) is 18.7 Å². The molecule has 2 amide bonds. The molecule has 32 heavy (non-hydrogen) atoms. The highest BCUT2D eigenvalue weighted by atomic mass is 79.9. The molecule has 1 aliphatic rings. The standard InChI is InChI=1S/C24H20BrN3O3S/c25-16-6-7-19-18(10-16)15(13-31-19)9-21(29)28-24-22(17-4-1-5-20(17)32-24)23(30)27-12-14-3-2-8-26-11-14/h2-3,6-8,10-11,13H,1,4-5,9,12H2,(H,27,30)(H,28,29). The number of hydrogen-bond acceptors (Lipinski definition) is 5. The molecular weight excluding hydrogens is 490 g/mol. The molecule has 162 valence electrons. The van der Waals surface area contributed by atoms with Gasteiger partial charge in [0.25, 0.3) is 5.91 Å². The van der Waals surface area contributed by atoms with E-state index in [1.165, 1.54) is 16.2 Å². The summed E-state index contributed by atoms with van der Waals surface area (Å²) in [5.74, 6) is -0.338. The minimum atomic E-state index is -0.172. The van der Waals surface area contributed by atoms with Crippen molar-refractivity contribution in [2.75, 3.05) is 5.32 Å². The summed E-state index contributed by atoms with van der Waals surface area (Å²) in [4.78, 5) is 31.2. The minimum absolute atomic E-state index is 0.166. The molecule has 5 rings (SSSR count). The average molecular weight is 510 g/mol.